The van der Waals surface area contributed by atoms with Crippen molar-refractivity contribution in [1.82, 2.24) is 9.78 Å². The number of nitrogens with zero attached hydrogens (tertiary/aromatic N) is 3. The largest absolute Gasteiger partial charge is 0.308 e. The van der Waals surface area contributed by atoms with Crippen LogP contribution in [0.4, 0.5) is 5.69 Å². The molecule has 4 aromatic carbocycles. The van der Waals surface area contributed by atoms with Crippen LogP contribution in [0.25, 0.3) is 28.2 Å². The molecule has 0 unspecified atom stereocenters. The normalized spacial score (nSPS) is 12.9. The van der Waals surface area contributed by atoms with E-state index < -0.39 is 0 Å². The van der Waals surface area contributed by atoms with Gasteiger partial charge in [-0.25, -0.2) is 4.68 Å². The summed E-state index contributed by atoms with van der Waals surface area (Å²) in [6, 6.07) is 38.6. The van der Waals surface area contributed by atoms with E-state index in [9.17, 15) is 4.79 Å². The first-order chi connectivity index (χ1) is 17.3. The third-order valence-corrected chi connectivity index (χ3v) is 6.56. The highest BCUT2D eigenvalue weighted by atomic mass is 16.2. The number of fused-ring (bicyclic) bond motifs is 1. The number of hydrogen-bond donors (Lipinski definition) is 0. The Kier molecular flexibility index (Phi) is 5.47. The van der Waals surface area contributed by atoms with Crippen LogP contribution in [-0.4, -0.2) is 22.2 Å². The zero-order valence-electron chi connectivity index (χ0n) is 19.3. The quantitative estimate of drug-likeness (QED) is 0.299. The Morgan fingerprint density at radius 2 is 1.37 bits per heavy atom. The van der Waals surface area contributed by atoms with E-state index in [1.165, 1.54) is 5.56 Å². The molecule has 0 radical (unpaired) electrons. The summed E-state index contributed by atoms with van der Waals surface area (Å²) in [4.78, 5) is 15.3. The predicted molar refractivity (Wildman–Crippen MR) is 141 cm³/mol. The maximum Gasteiger partial charge on any atom is 0.258 e. The monoisotopic (exact) mass is 455 g/mol. The van der Waals surface area contributed by atoms with Crippen molar-refractivity contribution in [3.05, 3.63) is 126 Å². The number of amides is 1. The third-order valence-electron chi connectivity index (χ3n) is 6.56. The number of rotatable bonds is 4. The molecule has 1 aliphatic rings. The van der Waals surface area contributed by atoms with E-state index in [1.807, 2.05) is 88.4 Å². The third kappa shape index (κ3) is 4.04. The van der Waals surface area contributed by atoms with Crippen molar-refractivity contribution < 1.29 is 4.79 Å². The first-order valence-electron chi connectivity index (χ1n) is 12.0. The smallest absolute Gasteiger partial charge is 0.258 e. The van der Waals surface area contributed by atoms with Crippen molar-refractivity contribution in [3.63, 3.8) is 0 Å². The number of carbonyl (C=O) groups excluding carboxylic acids is 1. The molecule has 0 bridgehead atoms. The van der Waals surface area contributed by atoms with Crippen LogP contribution in [0.3, 0.4) is 0 Å². The lowest BCUT2D eigenvalue weighted by molar-refractivity contribution is 0.0985. The van der Waals surface area contributed by atoms with Gasteiger partial charge < -0.3 is 4.90 Å². The van der Waals surface area contributed by atoms with Gasteiger partial charge in [0.1, 0.15) is 0 Å². The molecule has 35 heavy (non-hydrogen) atoms. The van der Waals surface area contributed by atoms with E-state index in [2.05, 4.69) is 36.4 Å². The molecule has 0 aliphatic carbocycles. The van der Waals surface area contributed by atoms with Gasteiger partial charge in [-0.15, -0.1) is 0 Å². The van der Waals surface area contributed by atoms with Gasteiger partial charge in [-0.1, -0.05) is 78.9 Å². The van der Waals surface area contributed by atoms with Crippen LogP contribution >= 0.6 is 0 Å². The molecule has 170 valence electrons. The summed E-state index contributed by atoms with van der Waals surface area (Å²) in [5.74, 6) is 0.0393. The zero-order valence-corrected chi connectivity index (χ0v) is 19.3. The molecule has 2 heterocycles. The molecule has 4 heteroatoms. The summed E-state index contributed by atoms with van der Waals surface area (Å²) in [7, 11) is 0. The molecule has 0 spiro atoms. The van der Waals surface area contributed by atoms with Gasteiger partial charge in [-0.05, 0) is 54.8 Å². The molecule has 0 saturated heterocycles. The summed E-state index contributed by atoms with van der Waals surface area (Å²) in [6.07, 6.45) is 2.00. The van der Waals surface area contributed by atoms with Crippen molar-refractivity contribution in [2.75, 3.05) is 11.4 Å². The van der Waals surface area contributed by atoms with Gasteiger partial charge in [0.05, 0.1) is 17.1 Å². The van der Waals surface area contributed by atoms with Crippen molar-refractivity contribution in [2.24, 2.45) is 0 Å². The van der Waals surface area contributed by atoms with Crippen LogP contribution in [0.1, 0.15) is 22.3 Å². The fourth-order valence-corrected chi connectivity index (χ4v) is 4.79. The summed E-state index contributed by atoms with van der Waals surface area (Å²) in [5.41, 5.74) is 7.94. The summed E-state index contributed by atoms with van der Waals surface area (Å²) < 4.78 is 1.96. The van der Waals surface area contributed by atoms with Gasteiger partial charge in [0.15, 0.2) is 0 Å². The van der Waals surface area contributed by atoms with Crippen molar-refractivity contribution in [1.29, 1.82) is 0 Å². The van der Waals surface area contributed by atoms with Crippen molar-refractivity contribution in [3.8, 4) is 28.2 Å². The molecule has 4 nitrogen and oxygen atoms in total. The average Bonchev–Trinajstić information content (AvgIpc) is 3.39. The SMILES string of the molecule is O=C(c1ccc(-n2nc(-c3ccccc3)cc2-c2ccccc2)cc1)N1CCCc2ccccc21. The first kappa shape index (κ1) is 21.1. The van der Waals surface area contributed by atoms with Crippen LogP contribution in [-0.2, 0) is 6.42 Å². The van der Waals surface area contributed by atoms with Gasteiger partial charge in [-0.2, -0.15) is 5.10 Å². The highest BCUT2D eigenvalue weighted by Gasteiger charge is 2.23. The molecule has 6 rings (SSSR count). The molecule has 5 aromatic rings. The molecule has 1 amide bonds. The van der Waals surface area contributed by atoms with Gasteiger partial charge >= 0.3 is 0 Å². The standard InChI is InChI=1S/C31H25N3O/c35-31(33-21-9-15-24-14-7-8-16-29(24)33)26-17-19-27(20-18-26)34-30(25-12-5-2-6-13-25)22-28(32-34)23-10-3-1-4-11-23/h1-8,10-14,16-20,22H,9,15,21H2. The molecule has 0 fully saturated rings. The highest BCUT2D eigenvalue weighted by molar-refractivity contribution is 6.06. The molecular formula is C31H25N3O. The number of aryl methyl sites for hydroxylation is 1. The van der Waals surface area contributed by atoms with E-state index in [0.717, 1.165) is 53.3 Å². The lowest BCUT2D eigenvalue weighted by atomic mass is 10.0. The average molecular weight is 456 g/mol. The number of anilines is 1. The Morgan fingerprint density at radius 1 is 0.714 bits per heavy atom. The van der Waals surface area contributed by atoms with E-state index in [0.29, 0.717) is 5.56 Å². The van der Waals surface area contributed by atoms with Crippen LogP contribution in [0.15, 0.2) is 115 Å². The van der Waals surface area contributed by atoms with Crippen LogP contribution in [0.2, 0.25) is 0 Å². The van der Waals surface area contributed by atoms with E-state index >= 15 is 0 Å². The summed E-state index contributed by atoms with van der Waals surface area (Å²) >= 11 is 0. The maximum absolute atomic E-state index is 13.4. The fourth-order valence-electron chi connectivity index (χ4n) is 4.79. The van der Waals surface area contributed by atoms with Crippen molar-refractivity contribution in [2.45, 2.75) is 12.8 Å². The minimum Gasteiger partial charge on any atom is -0.308 e. The number of aromatic nitrogens is 2. The molecule has 0 saturated carbocycles. The van der Waals surface area contributed by atoms with E-state index in [4.69, 9.17) is 5.10 Å². The van der Waals surface area contributed by atoms with Gasteiger partial charge in [-0.3, -0.25) is 4.79 Å². The summed E-state index contributed by atoms with van der Waals surface area (Å²) in [6.45, 7) is 0.745. The molecule has 0 N–H and O–H groups in total. The molecule has 1 aliphatic heterocycles. The first-order valence-corrected chi connectivity index (χ1v) is 12.0. The molecule has 0 atom stereocenters. The Morgan fingerprint density at radius 3 is 2.11 bits per heavy atom. The minimum absolute atomic E-state index is 0.0393. The van der Waals surface area contributed by atoms with E-state index in [1.54, 1.807) is 0 Å². The Balaban J connectivity index is 1.36. The van der Waals surface area contributed by atoms with Gasteiger partial charge in [0.25, 0.3) is 5.91 Å². The minimum atomic E-state index is 0.0393. The highest BCUT2D eigenvalue weighted by Crippen LogP contribution is 2.30. The predicted octanol–water partition coefficient (Wildman–Crippen LogP) is 6.80. The lowest BCUT2D eigenvalue weighted by Crippen LogP contribution is -2.35. The van der Waals surface area contributed by atoms with Gasteiger partial charge in [0.2, 0.25) is 0 Å². The Bertz CT molecular complexity index is 1470. The Labute approximate surface area is 205 Å². The van der Waals surface area contributed by atoms with Crippen LogP contribution in [0, 0.1) is 0 Å². The maximum atomic E-state index is 13.4. The van der Waals surface area contributed by atoms with Gasteiger partial charge in [0, 0.05) is 28.9 Å². The number of para-hydroxylation sites is 1. The van der Waals surface area contributed by atoms with Crippen LogP contribution in [0.5, 0.6) is 0 Å². The summed E-state index contributed by atoms with van der Waals surface area (Å²) in [5, 5.41) is 4.94. The second-order valence-corrected chi connectivity index (χ2v) is 8.79. The topological polar surface area (TPSA) is 38.1 Å². The Hall–Kier alpha value is -4.44. The second kappa shape index (κ2) is 9.07. The number of benzene rings is 4. The fraction of sp³-hybridized carbons (Fsp3) is 0.0968. The number of hydrogen-bond acceptors (Lipinski definition) is 2. The van der Waals surface area contributed by atoms with Crippen molar-refractivity contribution >= 4 is 11.6 Å². The zero-order chi connectivity index (χ0) is 23.6. The van der Waals surface area contributed by atoms with Crippen LogP contribution < -0.4 is 4.90 Å². The lowest BCUT2D eigenvalue weighted by Gasteiger charge is -2.29. The molecular weight excluding hydrogens is 430 g/mol. The number of carbonyl (C=O) groups is 1. The molecule has 1 aromatic heterocycles. The van der Waals surface area contributed by atoms with E-state index in [-0.39, 0.29) is 5.91 Å². The second-order valence-electron chi connectivity index (χ2n) is 8.79.